The molecule has 2 heterocycles. The van der Waals surface area contributed by atoms with Crippen molar-refractivity contribution in [1.29, 1.82) is 0 Å². The molecule has 3 rings (SSSR count). The van der Waals surface area contributed by atoms with Gasteiger partial charge in [0.05, 0.1) is 16.4 Å². The van der Waals surface area contributed by atoms with Crippen LogP contribution in [0.25, 0.3) is 0 Å². The lowest BCUT2D eigenvalue weighted by Crippen LogP contribution is -2.55. The van der Waals surface area contributed by atoms with Crippen molar-refractivity contribution in [2.45, 2.75) is 25.3 Å². The number of hydrogen-bond acceptors (Lipinski definition) is 3. The zero-order valence-corrected chi connectivity index (χ0v) is 11.4. The van der Waals surface area contributed by atoms with Crippen LogP contribution in [0.4, 0.5) is 11.4 Å². The van der Waals surface area contributed by atoms with Crippen molar-refractivity contribution in [3.05, 3.63) is 23.2 Å². The van der Waals surface area contributed by atoms with Crippen molar-refractivity contribution in [3.63, 3.8) is 0 Å². The smallest absolute Gasteiger partial charge is 0.0741 e. The third-order valence-corrected chi connectivity index (χ3v) is 4.54. The lowest BCUT2D eigenvalue weighted by atomic mass is 9.99. The number of rotatable bonds is 1. The number of halogens is 1. The van der Waals surface area contributed by atoms with E-state index in [1.165, 1.54) is 25.8 Å². The molecule has 2 N–H and O–H groups in total. The number of piperazine rings is 1. The Kier molecular flexibility index (Phi) is 3.35. The first-order chi connectivity index (χ1) is 8.75. The van der Waals surface area contributed by atoms with Crippen LogP contribution >= 0.6 is 11.6 Å². The molecule has 2 saturated heterocycles. The number of nitrogens with zero attached hydrogens (tertiary/aromatic N) is 2. The SMILES string of the molecule is Nc1c(Cl)cccc1N1CCN2CCCCC2C1. The summed E-state index contributed by atoms with van der Waals surface area (Å²) >= 11 is 6.11. The van der Waals surface area contributed by atoms with Crippen molar-refractivity contribution in [2.75, 3.05) is 36.8 Å². The molecule has 3 nitrogen and oxygen atoms in total. The fourth-order valence-electron chi connectivity index (χ4n) is 3.18. The van der Waals surface area contributed by atoms with E-state index in [-0.39, 0.29) is 0 Å². The second kappa shape index (κ2) is 4.98. The normalized spacial score (nSPS) is 24.9. The van der Waals surface area contributed by atoms with Crippen molar-refractivity contribution >= 4 is 23.0 Å². The first-order valence-electron chi connectivity index (χ1n) is 6.78. The second-order valence-corrected chi connectivity index (χ2v) is 5.71. The van der Waals surface area contributed by atoms with Gasteiger partial charge in [0.2, 0.25) is 0 Å². The van der Waals surface area contributed by atoms with E-state index >= 15 is 0 Å². The van der Waals surface area contributed by atoms with Crippen molar-refractivity contribution in [3.8, 4) is 0 Å². The van der Waals surface area contributed by atoms with Crippen molar-refractivity contribution in [1.82, 2.24) is 4.90 Å². The number of hydrogen-bond donors (Lipinski definition) is 1. The number of nitrogens with two attached hydrogens (primary N) is 1. The first-order valence-corrected chi connectivity index (χ1v) is 7.16. The lowest BCUT2D eigenvalue weighted by Gasteiger charge is -2.45. The number of para-hydroxylation sites is 1. The van der Waals surface area contributed by atoms with Gasteiger partial charge in [0.25, 0.3) is 0 Å². The van der Waals surface area contributed by atoms with E-state index < -0.39 is 0 Å². The highest BCUT2D eigenvalue weighted by atomic mass is 35.5. The summed E-state index contributed by atoms with van der Waals surface area (Å²) < 4.78 is 0. The number of benzene rings is 1. The van der Waals surface area contributed by atoms with Crippen LogP contribution in [0.5, 0.6) is 0 Å². The van der Waals surface area contributed by atoms with Gasteiger partial charge in [-0.05, 0) is 31.5 Å². The van der Waals surface area contributed by atoms with E-state index in [1.807, 2.05) is 12.1 Å². The zero-order chi connectivity index (χ0) is 12.5. The number of fused-ring (bicyclic) bond motifs is 1. The van der Waals surface area contributed by atoms with E-state index in [4.69, 9.17) is 17.3 Å². The highest BCUT2D eigenvalue weighted by Crippen LogP contribution is 2.32. The lowest BCUT2D eigenvalue weighted by molar-refractivity contribution is 0.133. The van der Waals surface area contributed by atoms with Gasteiger partial charge in [-0.25, -0.2) is 0 Å². The zero-order valence-electron chi connectivity index (χ0n) is 10.6. The van der Waals surface area contributed by atoms with Crippen LogP contribution in [-0.4, -0.2) is 37.1 Å². The maximum atomic E-state index is 6.11. The predicted molar refractivity (Wildman–Crippen MR) is 77.3 cm³/mol. The van der Waals surface area contributed by atoms with Gasteiger partial charge in [0.15, 0.2) is 0 Å². The Morgan fingerprint density at radius 3 is 2.94 bits per heavy atom. The van der Waals surface area contributed by atoms with Gasteiger partial charge in [-0.3, -0.25) is 4.90 Å². The fourth-order valence-corrected chi connectivity index (χ4v) is 3.35. The van der Waals surface area contributed by atoms with Gasteiger partial charge in [-0.1, -0.05) is 24.1 Å². The van der Waals surface area contributed by atoms with Crippen LogP contribution < -0.4 is 10.6 Å². The summed E-state index contributed by atoms with van der Waals surface area (Å²) in [5, 5.41) is 0.665. The third kappa shape index (κ3) is 2.17. The van der Waals surface area contributed by atoms with Crippen LogP contribution in [0.3, 0.4) is 0 Å². The topological polar surface area (TPSA) is 32.5 Å². The van der Waals surface area contributed by atoms with E-state index in [1.54, 1.807) is 0 Å². The van der Waals surface area contributed by atoms with Gasteiger partial charge in [-0.2, -0.15) is 0 Å². The molecule has 0 bridgehead atoms. The van der Waals surface area contributed by atoms with Crippen LogP contribution in [-0.2, 0) is 0 Å². The Bertz CT molecular complexity index is 435. The molecular weight excluding hydrogens is 246 g/mol. The van der Waals surface area contributed by atoms with Crippen molar-refractivity contribution < 1.29 is 0 Å². The monoisotopic (exact) mass is 265 g/mol. The minimum absolute atomic E-state index is 0.665. The number of anilines is 2. The molecule has 0 amide bonds. The van der Waals surface area contributed by atoms with Crippen LogP contribution in [0.1, 0.15) is 19.3 Å². The first kappa shape index (κ1) is 12.1. The summed E-state index contributed by atoms with van der Waals surface area (Å²) in [6.45, 7) is 4.56. The molecule has 1 aromatic rings. The standard InChI is InChI=1S/C14H20ClN3/c15-12-5-3-6-13(14(12)16)18-9-8-17-7-2-1-4-11(17)10-18/h3,5-6,11H,1-2,4,7-10,16H2. The van der Waals surface area contributed by atoms with E-state index in [0.29, 0.717) is 11.1 Å². The molecule has 1 aromatic carbocycles. The van der Waals surface area contributed by atoms with Crippen LogP contribution in [0.2, 0.25) is 5.02 Å². The third-order valence-electron chi connectivity index (χ3n) is 4.21. The summed E-state index contributed by atoms with van der Waals surface area (Å²) in [6, 6.07) is 6.63. The van der Waals surface area contributed by atoms with Crippen molar-refractivity contribution in [2.24, 2.45) is 0 Å². The molecule has 18 heavy (non-hydrogen) atoms. The molecule has 98 valence electrons. The highest BCUT2D eigenvalue weighted by molar-refractivity contribution is 6.33. The van der Waals surface area contributed by atoms with Gasteiger partial charge < -0.3 is 10.6 Å². The Morgan fingerprint density at radius 1 is 1.17 bits per heavy atom. The quantitative estimate of drug-likeness (QED) is 0.793. The molecule has 2 aliphatic rings. The molecule has 0 spiro atoms. The Balaban J connectivity index is 1.79. The number of piperidine rings is 1. The second-order valence-electron chi connectivity index (χ2n) is 5.30. The molecule has 0 aliphatic carbocycles. The van der Waals surface area contributed by atoms with Gasteiger partial charge in [0, 0.05) is 25.7 Å². The minimum atomic E-state index is 0.665. The fraction of sp³-hybridized carbons (Fsp3) is 0.571. The highest BCUT2D eigenvalue weighted by Gasteiger charge is 2.29. The Hall–Kier alpha value is -0.930. The molecule has 0 saturated carbocycles. The molecule has 1 unspecified atom stereocenters. The van der Waals surface area contributed by atoms with Crippen LogP contribution in [0, 0.1) is 0 Å². The minimum Gasteiger partial charge on any atom is -0.396 e. The maximum Gasteiger partial charge on any atom is 0.0741 e. The average Bonchev–Trinajstić information content (AvgIpc) is 2.41. The van der Waals surface area contributed by atoms with E-state index in [2.05, 4.69) is 15.9 Å². The molecular formula is C14H20ClN3. The maximum absolute atomic E-state index is 6.11. The van der Waals surface area contributed by atoms with Crippen LogP contribution in [0.15, 0.2) is 18.2 Å². The molecule has 0 aromatic heterocycles. The summed E-state index contributed by atoms with van der Waals surface area (Å²) in [6.07, 6.45) is 4.03. The summed E-state index contributed by atoms with van der Waals surface area (Å²) in [7, 11) is 0. The van der Waals surface area contributed by atoms with E-state index in [0.717, 1.165) is 31.0 Å². The number of nitrogen functional groups attached to an aromatic ring is 1. The van der Waals surface area contributed by atoms with E-state index in [9.17, 15) is 0 Å². The molecule has 4 heteroatoms. The molecule has 1 atom stereocenters. The largest absolute Gasteiger partial charge is 0.396 e. The Labute approximate surface area is 114 Å². The average molecular weight is 266 g/mol. The van der Waals surface area contributed by atoms with Gasteiger partial charge in [0.1, 0.15) is 0 Å². The molecule has 2 aliphatic heterocycles. The molecule has 2 fully saturated rings. The predicted octanol–water partition coefficient (Wildman–Crippen LogP) is 2.60. The molecule has 0 radical (unpaired) electrons. The Morgan fingerprint density at radius 2 is 2.06 bits per heavy atom. The van der Waals surface area contributed by atoms with Gasteiger partial charge in [-0.15, -0.1) is 0 Å². The summed E-state index contributed by atoms with van der Waals surface area (Å²) in [4.78, 5) is 5.02. The summed E-state index contributed by atoms with van der Waals surface area (Å²) in [5.41, 5.74) is 7.92. The summed E-state index contributed by atoms with van der Waals surface area (Å²) in [5.74, 6) is 0. The van der Waals surface area contributed by atoms with Gasteiger partial charge >= 0.3 is 0 Å².